The first-order valence-electron chi connectivity index (χ1n) is 5.85. The highest BCUT2D eigenvalue weighted by Gasteiger charge is 2.24. The van der Waals surface area contributed by atoms with Crippen molar-refractivity contribution in [3.63, 3.8) is 0 Å². The molecule has 0 aromatic carbocycles. The van der Waals surface area contributed by atoms with Gasteiger partial charge in [0.15, 0.2) is 5.17 Å². The molecule has 2 amide bonds. The number of rotatable bonds is 4. The van der Waals surface area contributed by atoms with Crippen LogP contribution < -0.4 is 16.4 Å². The molecule has 0 saturated carbocycles. The Morgan fingerprint density at radius 2 is 2.24 bits per heavy atom. The lowest BCUT2D eigenvalue weighted by Gasteiger charge is -2.21. The van der Waals surface area contributed by atoms with Gasteiger partial charge in [0.05, 0.1) is 6.54 Å². The molecule has 0 saturated heterocycles. The zero-order valence-electron chi connectivity index (χ0n) is 10.7. The van der Waals surface area contributed by atoms with E-state index in [4.69, 9.17) is 5.73 Å². The summed E-state index contributed by atoms with van der Waals surface area (Å²) in [5.74, 6) is 0. The fourth-order valence-corrected chi connectivity index (χ4v) is 3.04. The molecule has 5 nitrogen and oxygen atoms in total. The van der Waals surface area contributed by atoms with Gasteiger partial charge in [0.1, 0.15) is 0 Å². The second-order valence-electron chi connectivity index (χ2n) is 5.37. The average Bonchev–Trinajstić information content (AvgIpc) is 2.57. The highest BCUT2D eigenvalue weighted by atomic mass is 32.2. The van der Waals surface area contributed by atoms with Crippen molar-refractivity contribution in [3.8, 4) is 0 Å². The van der Waals surface area contributed by atoms with E-state index in [0.717, 1.165) is 18.1 Å². The number of urea groups is 1. The summed E-state index contributed by atoms with van der Waals surface area (Å²) in [5.41, 5.74) is 5.31. The summed E-state index contributed by atoms with van der Waals surface area (Å²) in [6.45, 7) is 8.81. The molecular formula is C11H22N4OS. The number of hydrogen-bond acceptors (Lipinski definition) is 4. The monoisotopic (exact) mass is 258 g/mol. The van der Waals surface area contributed by atoms with Crippen LogP contribution >= 0.6 is 11.8 Å². The maximum absolute atomic E-state index is 10.5. The third-order valence-corrected chi connectivity index (χ3v) is 3.40. The largest absolute Gasteiger partial charge is 0.363 e. The number of primary amides is 1. The average molecular weight is 258 g/mol. The van der Waals surface area contributed by atoms with Crippen LogP contribution in [0, 0.1) is 5.41 Å². The van der Waals surface area contributed by atoms with Gasteiger partial charge in [0.2, 0.25) is 0 Å². The molecule has 1 atom stereocenters. The minimum atomic E-state index is -0.488. The lowest BCUT2D eigenvalue weighted by atomic mass is 9.90. The maximum atomic E-state index is 10.5. The van der Waals surface area contributed by atoms with Crippen LogP contribution in [0.2, 0.25) is 0 Å². The third-order valence-electron chi connectivity index (χ3n) is 2.26. The molecule has 1 unspecified atom stereocenters. The van der Waals surface area contributed by atoms with E-state index in [1.165, 1.54) is 0 Å². The van der Waals surface area contributed by atoms with E-state index in [2.05, 4.69) is 36.4 Å². The van der Waals surface area contributed by atoms with Crippen LogP contribution in [-0.4, -0.2) is 36.1 Å². The van der Waals surface area contributed by atoms with Gasteiger partial charge >= 0.3 is 6.03 Å². The Morgan fingerprint density at radius 3 is 2.82 bits per heavy atom. The smallest absolute Gasteiger partial charge is 0.312 e. The number of amidine groups is 1. The van der Waals surface area contributed by atoms with Crippen molar-refractivity contribution in [2.75, 3.05) is 19.6 Å². The van der Waals surface area contributed by atoms with Gasteiger partial charge in [-0.3, -0.25) is 4.99 Å². The number of carbonyl (C=O) groups is 1. The highest BCUT2D eigenvalue weighted by molar-refractivity contribution is 8.14. The fraction of sp³-hybridized carbons (Fsp3) is 0.818. The van der Waals surface area contributed by atoms with E-state index in [9.17, 15) is 4.79 Å². The van der Waals surface area contributed by atoms with E-state index in [1.54, 1.807) is 11.8 Å². The molecule has 0 spiro atoms. The van der Waals surface area contributed by atoms with Crippen LogP contribution in [0.5, 0.6) is 0 Å². The number of hydrogen-bond donors (Lipinski definition) is 3. The second-order valence-corrected chi connectivity index (χ2v) is 6.66. The Morgan fingerprint density at radius 1 is 1.53 bits per heavy atom. The first-order chi connectivity index (χ1) is 7.87. The molecule has 0 aliphatic carbocycles. The van der Waals surface area contributed by atoms with Crippen LogP contribution in [-0.2, 0) is 0 Å². The molecule has 0 aromatic heterocycles. The van der Waals surface area contributed by atoms with Gasteiger partial charge in [-0.25, -0.2) is 4.79 Å². The summed E-state index contributed by atoms with van der Waals surface area (Å²) >= 11 is 1.79. The van der Waals surface area contributed by atoms with Gasteiger partial charge in [-0.05, 0) is 11.8 Å². The van der Waals surface area contributed by atoms with E-state index in [1.807, 2.05) is 0 Å². The molecule has 6 heteroatoms. The van der Waals surface area contributed by atoms with Crippen LogP contribution in [0.1, 0.15) is 27.2 Å². The SMILES string of the molecule is CC(C)(C)CC1CN=C(NCCNC(N)=O)S1. The zero-order chi connectivity index (χ0) is 12.9. The van der Waals surface area contributed by atoms with Gasteiger partial charge < -0.3 is 16.4 Å². The molecule has 0 bridgehead atoms. The summed E-state index contributed by atoms with van der Waals surface area (Å²) < 4.78 is 0. The first kappa shape index (κ1) is 14.2. The van der Waals surface area contributed by atoms with Crippen molar-refractivity contribution < 1.29 is 4.79 Å². The maximum Gasteiger partial charge on any atom is 0.312 e. The molecule has 0 aromatic rings. The predicted molar refractivity (Wildman–Crippen MR) is 73.3 cm³/mol. The number of carbonyl (C=O) groups excluding carboxylic acids is 1. The molecule has 0 fully saturated rings. The van der Waals surface area contributed by atoms with Crippen LogP contribution in [0.25, 0.3) is 0 Å². The van der Waals surface area contributed by atoms with Crippen molar-refractivity contribution in [2.45, 2.75) is 32.4 Å². The summed E-state index contributed by atoms with van der Waals surface area (Å²) in [6, 6.07) is -0.488. The molecule has 1 aliphatic rings. The quantitative estimate of drug-likeness (QED) is 0.662. The van der Waals surface area contributed by atoms with E-state index in [0.29, 0.717) is 23.8 Å². The minimum Gasteiger partial charge on any atom is -0.363 e. The molecule has 1 rings (SSSR count). The predicted octanol–water partition coefficient (Wildman–Crippen LogP) is 1.15. The van der Waals surface area contributed by atoms with E-state index in [-0.39, 0.29) is 0 Å². The van der Waals surface area contributed by atoms with E-state index >= 15 is 0 Å². The van der Waals surface area contributed by atoms with Gasteiger partial charge in [-0.2, -0.15) is 0 Å². The third kappa shape index (κ3) is 6.41. The summed E-state index contributed by atoms with van der Waals surface area (Å²) in [5, 5.41) is 7.27. The number of amides is 2. The summed E-state index contributed by atoms with van der Waals surface area (Å²) in [6.07, 6.45) is 1.16. The summed E-state index contributed by atoms with van der Waals surface area (Å²) in [7, 11) is 0. The Kier molecular flexibility index (Phi) is 5.11. The molecule has 17 heavy (non-hydrogen) atoms. The first-order valence-corrected chi connectivity index (χ1v) is 6.73. The minimum absolute atomic E-state index is 0.343. The summed E-state index contributed by atoms with van der Waals surface area (Å²) in [4.78, 5) is 14.9. The van der Waals surface area contributed by atoms with Crippen molar-refractivity contribution in [2.24, 2.45) is 16.1 Å². The van der Waals surface area contributed by atoms with Crippen LogP contribution in [0.4, 0.5) is 4.79 Å². The molecule has 98 valence electrons. The molecule has 0 radical (unpaired) electrons. The molecule has 1 heterocycles. The van der Waals surface area contributed by atoms with Crippen molar-refractivity contribution in [1.29, 1.82) is 0 Å². The standard InChI is InChI=1S/C11H22N4OS/c1-11(2,3)6-8-7-15-10(17-8)14-5-4-13-9(12)16/h8H,4-7H2,1-3H3,(H,14,15)(H3,12,13,16). The topological polar surface area (TPSA) is 79.5 Å². The van der Waals surface area contributed by atoms with Gasteiger partial charge in [0.25, 0.3) is 0 Å². The normalized spacial score (nSPS) is 19.9. The van der Waals surface area contributed by atoms with Crippen LogP contribution in [0.3, 0.4) is 0 Å². The number of thioether (sulfide) groups is 1. The van der Waals surface area contributed by atoms with Crippen LogP contribution in [0.15, 0.2) is 4.99 Å². The Balaban J connectivity index is 2.15. The Bertz CT molecular complexity index is 298. The van der Waals surface area contributed by atoms with Crippen molar-refractivity contribution in [3.05, 3.63) is 0 Å². The number of nitrogens with zero attached hydrogens (tertiary/aromatic N) is 1. The number of aliphatic imine (C=N–C) groups is 1. The molecule has 4 N–H and O–H groups in total. The Hall–Kier alpha value is -0.910. The highest BCUT2D eigenvalue weighted by Crippen LogP contribution is 2.31. The molecular weight excluding hydrogens is 236 g/mol. The lowest BCUT2D eigenvalue weighted by Crippen LogP contribution is -2.36. The van der Waals surface area contributed by atoms with Crippen molar-refractivity contribution >= 4 is 23.0 Å². The van der Waals surface area contributed by atoms with Crippen molar-refractivity contribution in [1.82, 2.24) is 10.6 Å². The number of nitrogens with two attached hydrogens (primary N) is 1. The zero-order valence-corrected chi connectivity index (χ0v) is 11.6. The number of nitrogens with one attached hydrogen (secondary N) is 2. The van der Waals surface area contributed by atoms with E-state index < -0.39 is 6.03 Å². The molecule has 1 aliphatic heterocycles. The second kappa shape index (κ2) is 6.14. The Labute approximate surface area is 107 Å². The lowest BCUT2D eigenvalue weighted by molar-refractivity contribution is 0.249. The van der Waals surface area contributed by atoms with Gasteiger partial charge in [0, 0.05) is 18.3 Å². The fourth-order valence-electron chi connectivity index (χ4n) is 1.66. The van der Waals surface area contributed by atoms with Gasteiger partial charge in [-0.15, -0.1) is 0 Å². The van der Waals surface area contributed by atoms with Gasteiger partial charge in [-0.1, -0.05) is 32.5 Å².